The van der Waals surface area contributed by atoms with Gasteiger partial charge in [0.25, 0.3) is 0 Å². The van der Waals surface area contributed by atoms with Gasteiger partial charge in [0.05, 0.1) is 0 Å². The van der Waals surface area contributed by atoms with Crippen LogP contribution in [0.15, 0.2) is 97.1 Å². The van der Waals surface area contributed by atoms with Crippen molar-refractivity contribution >= 4 is 35.8 Å². The van der Waals surface area contributed by atoms with Gasteiger partial charge in [0, 0.05) is 27.3 Å². The van der Waals surface area contributed by atoms with Crippen molar-refractivity contribution in [2.45, 2.75) is 202 Å². The van der Waals surface area contributed by atoms with E-state index in [0.717, 1.165) is 121 Å². The fourth-order valence-electron chi connectivity index (χ4n) is 9.28. The van der Waals surface area contributed by atoms with E-state index in [-0.39, 0.29) is 6.04 Å². The summed E-state index contributed by atoms with van der Waals surface area (Å²) >= 11 is 0. The van der Waals surface area contributed by atoms with Gasteiger partial charge in [-0.25, -0.2) is 0 Å². The largest absolute Gasteiger partial charge is 0.296 e. The average molecular weight is 852 g/mol. The standard InChI is InChI=1S/C55H83NO2P2/c1-7-11-15-19-23-35-48-39-27-31-43-52(48)59(57,53-44-32-28-40-49(53)36-24-20-16-12-8-2)56(47(5)6)60(58,54-45-33-29-41-50(54)37-25-21-17-13-9-3)55-46-34-30-42-51(55)38-26-22-18-14-10-4/h27-34,39-47H,7-26,35-38H2,1-6H3. The third-order valence-corrected chi connectivity index (χ3v) is 20.5. The van der Waals surface area contributed by atoms with Crippen LogP contribution in [-0.2, 0) is 34.8 Å². The first-order valence-electron chi connectivity index (χ1n) is 24.6. The van der Waals surface area contributed by atoms with Crippen LogP contribution >= 0.6 is 14.6 Å². The molecule has 60 heavy (non-hydrogen) atoms. The zero-order chi connectivity index (χ0) is 43.1. The van der Waals surface area contributed by atoms with Crippen molar-refractivity contribution in [3.8, 4) is 0 Å². The highest BCUT2D eigenvalue weighted by Gasteiger charge is 2.51. The number of benzene rings is 4. The molecule has 0 radical (unpaired) electrons. The van der Waals surface area contributed by atoms with Gasteiger partial charge >= 0.3 is 0 Å². The number of rotatable bonds is 31. The molecule has 0 atom stereocenters. The molecule has 0 aliphatic carbocycles. The highest BCUT2D eigenvalue weighted by molar-refractivity contribution is 7.90. The van der Waals surface area contributed by atoms with Gasteiger partial charge in [-0.1, -0.05) is 203 Å². The third kappa shape index (κ3) is 13.6. The van der Waals surface area contributed by atoms with Gasteiger partial charge in [-0.2, -0.15) is 4.44 Å². The zero-order valence-electron chi connectivity index (χ0n) is 38.9. The minimum Gasteiger partial charge on any atom is -0.296 e. The van der Waals surface area contributed by atoms with Crippen LogP contribution in [0.4, 0.5) is 0 Å². The second-order valence-electron chi connectivity index (χ2n) is 17.7. The van der Waals surface area contributed by atoms with Crippen LogP contribution in [0.1, 0.15) is 192 Å². The van der Waals surface area contributed by atoms with Gasteiger partial charge < -0.3 is 0 Å². The lowest BCUT2D eigenvalue weighted by molar-refractivity contribution is 0.474. The molecule has 5 heteroatoms. The maximum atomic E-state index is 17.7. The smallest absolute Gasteiger partial charge is 0.214 e. The maximum absolute atomic E-state index is 17.7. The summed E-state index contributed by atoms with van der Waals surface area (Å²) in [6, 6.07) is 33.9. The van der Waals surface area contributed by atoms with E-state index in [1.54, 1.807) is 0 Å². The number of unbranched alkanes of at least 4 members (excludes halogenated alkanes) is 16. The van der Waals surface area contributed by atoms with Crippen LogP contribution in [0.25, 0.3) is 0 Å². The van der Waals surface area contributed by atoms with Crippen LogP contribution in [0.2, 0.25) is 0 Å². The molecule has 4 rings (SSSR count). The Morgan fingerprint density at radius 2 is 0.567 bits per heavy atom. The normalized spacial score (nSPS) is 12.2. The summed E-state index contributed by atoms with van der Waals surface area (Å²) in [5.41, 5.74) is 4.56. The van der Waals surface area contributed by atoms with Gasteiger partial charge in [0.1, 0.15) is 0 Å². The molecule has 0 heterocycles. The summed E-state index contributed by atoms with van der Waals surface area (Å²) in [5.74, 6) is 0. The highest BCUT2D eigenvalue weighted by Crippen LogP contribution is 2.66. The minimum absolute atomic E-state index is 0.285. The Morgan fingerprint density at radius 3 is 0.783 bits per heavy atom. The van der Waals surface area contributed by atoms with E-state index in [4.69, 9.17) is 0 Å². The zero-order valence-corrected chi connectivity index (χ0v) is 40.7. The number of aryl methyl sites for hydroxylation is 4. The molecule has 4 aromatic rings. The molecule has 0 saturated heterocycles. The van der Waals surface area contributed by atoms with E-state index in [1.807, 2.05) is 0 Å². The Hall–Kier alpha value is -2.70. The van der Waals surface area contributed by atoms with Crippen molar-refractivity contribution < 1.29 is 9.13 Å². The monoisotopic (exact) mass is 852 g/mol. The molecule has 0 bridgehead atoms. The Balaban J connectivity index is 2.05. The fraction of sp³-hybridized carbons (Fsp3) is 0.564. The van der Waals surface area contributed by atoms with Crippen LogP contribution in [0, 0.1) is 0 Å². The Labute approximate surface area is 368 Å². The molecule has 3 nitrogen and oxygen atoms in total. The molecule has 0 aromatic heterocycles. The number of hydrogen-bond donors (Lipinski definition) is 0. The fourth-order valence-corrected chi connectivity index (χ4v) is 18.0. The molecule has 0 aliphatic heterocycles. The second-order valence-corrected chi connectivity index (χ2v) is 23.1. The SMILES string of the molecule is CCCCCCCc1ccccc1P(=O)(c1ccccc1CCCCCCC)N(C(C)C)P(=O)(c1ccccc1CCCCCCC)c1ccccc1CCCCCCC. The van der Waals surface area contributed by atoms with E-state index in [2.05, 4.69) is 143 Å². The molecular weight excluding hydrogens is 769 g/mol. The van der Waals surface area contributed by atoms with Crippen LogP contribution in [0.3, 0.4) is 0 Å². The summed E-state index contributed by atoms with van der Waals surface area (Å²) in [6.07, 6.45) is 27.0. The lowest BCUT2D eigenvalue weighted by Gasteiger charge is -2.43. The number of nitrogens with zero attached hydrogens (tertiary/aromatic N) is 1. The lowest BCUT2D eigenvalue weighted by atomic mass is 10.1. The topological polar surface area (TPSA) is 37.4 Å². The van der Waals surface area contributed by atoms with Gasteiger partial charge in [-0.3, -0.25) is 9.13 Å². The summed E-state index contributed by atoms with van der Waals surface area (Å²) in [6.45, 7) is 13.4. The summed E-state index contributed by atoms with van der Waals surface area (Å²) in [4.78, 5) is 0. The molecule has 4 aromatic carbocycles. The van der Waals surface area contributed by atoms with Crippen molar-refractivity contribution in [1.82, 2.24) is 4.44 Å². The minimum atomic E-state index is -3.79. The maximum Gasteiger partial charge on any atom is 0.214 e. The predicted molar refractivity (Wildman–Crippen MR) is 266 cm³/mol. The quantitative estimate of drug-likeness (QED) is 0.0374. The van der Waals surface area contributed by atoms with Crippen LogP contribution in [0.5, 0.6) is 0 Å². The van der Waals surface area contributed by atoms with Crippen molar-refractivity contribution in [3.63, 3.8) is 0 Å². The summed E-state index contributed by atoms with van der Waals surface area (Å²) in [7, 11) is -7.58. The first kappa shape index (κ1) is 50.0. The van der Waals surface area contributed by atoms with Crippen molar-refractivity contribution in [2.75, 3.05) is 0 Å². The van der Waals surface area contributed by atoms with Gasteiger partial charge in [-0.05, 0) is 112 Å². The molecule has 0 unspecified atom stereocenters. The van der Waals surface area contributed by atoms with Gasteiger partial charge in [0.15, 0.2) is 0 Å². The number of hydrogen-bond acceptors (Lipinski definition) is 2. The molecule has 0 N–H and O–H groups in total. The van der Waals surface area contributed by atoms with E-state index in [1.165, 1.54) is 77.0 Å². The second kappa shape index (κ2) is 27.4. The van der Waals surface area contributed by atoms with E-state index in [9.17, 15) is 0 Å². The molecule has 0 aliphatic rings. The van der Waals surface area contributed by atoms with Crippen molar-refractivity contribution in [3.05, 3.63) is 119 Å². The first-order valence-corrected chi connectivity index (χ1v) is 27.9. The van der Waals surface area contributed by atoms with Gasteiger partial charge in [-0.15, -0.1) is 0 Å². The van der Waals surface area contributed by atoms with Crippen molar-refractivity contribution in [1.29, 1.82) is 0 Å². The Morgan fingerprint density at radius 1 is 0.350 bits per heavy atom. The molecule has 0 saturated carbocycles. The van der Waals surface area contributed by atoms with E-state index in [0.29, 0.717) is 0 Å². The van der Waals surface area contributed by atoms with E-state index >= 15 is 9.13 Å². The molecule has 0 amide bonds. The Kier molecular flexibility index (Phi) is 22.8. The van der Waals surface area contributed by atoms with Crippen molar-refractivity contribution in [2.24, 2.45) is 0 Å². The summed E-state index contributed by atoms with van der Waals surface area (Å²) in [5, 5.41) is 3.51. The molecular formula is C55H83NO2P2. The van der Waals surface area contributed by atoms with Crippen LogP contribution < -0.4 is 21.2 Å². The first-order chi connectivity index (χ1) is 29.3. The third-order valence-electron chi connectivity index (χ3n) is 12.5. The highest BCUT2D eigenvalue weighted by atomic mass is 31.2. The average Bonchev–Trinajstić information content (AvgIpc) is 3.26. The molecule has 330 valence electrons. The molecule has 0 fully saturated rings. The van der Waals surface area contributed by atoms with Crippen LogP contribution in [-0.4, -0.2) is 10.5 Å². The lowest BCUT2D eigenvalue weighted by Crippen LogP contribution is -2.43. The predicted octanol–water partition coefficient (Wildman–Crippen LogP) is 15.6. The van der Waals surface area contributed by atoms with E-state index < -0.39 is 14.6 Å². The van der Waals surface area contributed by atoms with Gasteiger partial charge in [0.2, 0.25) is 14.6 Å². The molecule has 0 spiro atoms. The Bertz CT molecular complexity index is 1640. The summed E-state index contributed by atoms with van der Waals surface area (Å²) < 4.78 is 37.5.